The molecule has 0 bridgehead atoms. The van der Waals surface area contributed by atoms with Gasteiger partial charge in [0.15, 0.2) is 5.82 Å². The van der Waals surface area contributed by atoms with Crippen LogP contribution in [-0.4, -0.2) is 28.8 Å². The number of aromatic nitrogens is 3. The summed E-state index contributed by atoms with van der Waals surface area (Å²) in [5.41, 5.74) is 0.804. The van der Waals surface area contributed by atoms with Crippen LogP contribution in [0.15, 0.2) is 30.5 Å². The lowest BCUT2D eigenvalue weighted by atomic mass is 10.2. The molecular formula is C14H19N5O. The molecule has 1 heterocycles. The highest BCUT2D eigenvalue weighted by Gasteiger charge is 2.05. The Kier molecular flexibility index (Phi) is 4.70. The normalized spacial score (nSPS) is 10.4. The Morgan fingerprint density at radius 1 is 1.25 bits per heavy atom. The number of para-hydroxylation sites is 2. The molecule has 0 saturated heterocycles. The quantitative estimate of drug-likeness (QED) is 0.843. The van der Waals surface area contributed by atoms with Gasteiger partial charge in [0.05, 0.1) is 19.0 Å². The lowest BCUT2D eigenvalue weighted by Gasteiger charge is -2.11. The largest absolute Gasteiger partial charge is 0.495 e. The Hall–Kier alpha value is -2.37. The molecule has 6 heteroatoms. The highest BCUT2D eigenvalue weighted by atomic mass is 16.5. The third-order valence-electron chi connectivity index (χ3n) is 2.60. The summed E-state index contributed by atoms with van der Waals surface area (Å²) in [4.78, 5) is 4.36. The first kappa shape index (κ1) is 14.0. The first-order valence-corrected chi connectivity index (χ1v) is 6.52. The van der Waals surface area contributed by atoms with Crippen molar-refractivity contribution in [1.29, 1.82) is 0 Å². The van der Waals surface area contributed by atoms with Crippen molar-refractivity contribution in [2.24, 2.45) is 5.92 Å². The van der Waals surface area contributed by atoms with Crippen molar-refractivity contribution in [3.05, 3.63) is 30.5 Å². The summed E-state index contributed by atoms with van der Waals surface area (Å²) in [6.07, 6.45) is 1.61. The highest BCUT2D eigenvalue weighted by Crippen LogP contribution is 2.25. The Bertz CT molecular complexity index is 559. The maximum atomic E-state index is 5.27. The molecule has 2 aromatic rings. The molecule has 1 aromatic carbocycles. The Labute approximate surface area is 118 Å². The summed E-state index contributed by atoms with van der Waals surface area (Å²) in [7, 11) is 1.63. The van der Waals surface area contributed by atoms with Crippen LogP contribution in [0.25, 0.3) is 0 Å². The average molecular weight is 273 g/mol. The highest BCUT2D eigenvalue weighted by molar-refractivity contribution is 5.62. The summed E-state index contributed by atoms with van der Waals surface area (Å²) in [6.45, 7) is 5.11. The molecule has 0 amide bonds. The van der Waals surface area contributed by atoms with Gasteiger partial charge >= 0.3 is 0 Å². The Morgan fingerprint density at radius 3 is 2.80 bits per heavy atom. The number of nitrogens with one attached hydrogen (secondary N) is 2. The van der Waals surface area contributed by atoms with Crippen molar-refractivity contribution >= 4 is 17.5 Å². The number of benzene rings is 1. The van der Waals surface area contributed by atoms with E-state index in [-0.39, 0.29) is 0 Å². The van der Waals surface area contributed by atoms with Crippen molar-refractivity contribution in [1.82, 2.24) is 15.2 Å². The van der Waals surface area contributed by atoms with Crippen LogP contribution in [0.4, 0.5) is 17.5 Å². The minimum absolute atomic E-state index is 0.434. The van der Waals surface area contributed by atoms with Crippen LogP contribution in [0.5, 0.6) is 5.75 Å². The van der Waals surface area contributed by atoms with Gasteiger partial charge in [0.2, 0.25) is 5.95 Å². The molecule has 0 radical (unpaired) electrons. The van der Waals surface area contributed by atoms with Gasteiger partial charge in [-0.05, 0) is 18.1 Å². The van der Waals surface area contributed by atoms with Crippen molar-refractivity contribution in [2.45, 2.75) is 13.8 Å². The third-order valence-corrected chi connectivity index (χ3v) is 2.60. The SMILES string of the molecule is COc1ccccc1Nc1nncc(NCC(C)C)n1. The predicted octanol–water partition coefficient (Wildman–Crippen LogP) is 2.69. The van der Waals surface area contributed by atoms with E-state index >= 15 is 0 Å². The number of hydrogen-bond donors (Lipinski definition) is 2. The van der Waals surface area contributed by atoms with E-state index < -0.39 is 0 Å². The zero-order valence-electron chi connectivity index (χ0n) is 11.9. The second-order valence-electron chi connectivity index (χ2n) is 4.77. The molecule has 2 rings (SSSR count). The van der Waals surface area contributed by atoms with Crippen molar-refractivity contribution in [2.75, 3.05) is 24.3 Å². The van der Waals surface area contributed by atoms with E-state index in [1.807, 2.05) is 24.3 Å². The van der Waals surface area contributed by atoms with Gasteiger partial charge in [-0.1, -0.05) is 26.0 Å². The molecule has 0 aliphatic heterocycles. The minimum atomic E-state index is 0.434. The number of methoxy groups -OCH3 is 1. The van der Waals surface area contributed by atoms with Crippen LogP contribution in [0.2, 0.25) is 0 Å². The topological polar surface area (TPSA) is 72.0 Å². The lowest BCUT2D eigenvalue weighted by Crippen LogP contribution is -2.11. The molecule has 0 saturated carbocycles. The second kappa shape index (κ2) is 6.70. The molecule has 0 atom stereocenters. The van der Waals surface area contributed by atoms with E-state index in [0.717, 1.165) is 18.0 Å². The zero-order chi connectivity index (χ0) is 14.4. The third kappa shape index (κ3) is 3.81. The minimum Gasteiger partial charge on any atom is -0.495 e. The van der Waals surface area contributed by atoms with Gasteiger partial charge in [0, 0.05) is 6.54 Å². The van der Waals surface area contributed by atoms with E-state index in [1.165, 1.54) is 0 Å². The van der Waals surface area contributed by atoms with E-state index in [0.29, 0.717) is 17.7 Å². The summed E-state index contributed by atoms with van der Waals surface area (Å²) >= 11 is 0. The fourth-order valence-electron chi connectivity index (χ4n) is 1.62. The maximum absolute atomic E-state index is 5.27. The fourth-order valence-corrected chi connectivity index (χ4v) is 1.62. The smallest absolute Gasteiger partial charge is 0.249 e. The van der Waals surface area contributed by atoms with Crippen LogP contribution in [-0.2, 0) is 0 Å². The zero-order valence-corrected chi connectivity index (χ0v) is 11.9. The van der Waals surface area contributed by atoms with Gasteiger partial charge in [-0.3, -0.25) is 0 Å². The van der Waals surface area contributed by atoms with Crippen molar-refractivity contribution in [3.63, 3.8) is 0 Å². The monoisotopic (exact) mass is 273 g/mol. The van der Waals surface area contributed by atoms with Gasteiger partial charge in [0.25, 0.3) is 0 Å². The predicted molar refractivity (Wildman–Crippen MR) is 79.4 cm³/mol. The van der Waals surface area contributed by atoms with Gasteiger partial charge < -0.3 is 15.4 Å². The summed E-state index contributed by atoms with van der Waals surface area (Å²) in [5, 5.41) is 14.2. The molecule has 0 fully saturated rings. The Balaban J connectivity index is 2.11. The number of rotatable bonds is 6. The van der Waals surface area contributed by atoms with Crippen LogP contribution in [0.3, 0.4) is 0 Å². The van der Waals surface area contributed by atoms with Gasteiger partial charge in [-0.2, -0.15) is 10.1 Å². The molecule has 0 spiro atoms. The standard InChI is InChI=1S/C14H19N5O/c1-10(2)8-15-13-9-16-19-14(18-13)17-11-6-4-5-7-12(11)20-3/h4-7,9-10H,8H2,1-3H3,(H2,15,17,18,19). The van der Waals surface area contributed by atoms with Crippen molar-refractivity contribution in [3.8, 4) is 5.75 Å². The number of nitrogens with zero attached hydrogens (tertiary/aromatic N) is 3. The van der Waals surface area contributed by atoms with Crippen LogP contribution >= 0.6 is 0 Å². The molecule has 106 valence electrons. The van der Waals surface area contributed by atoms with E-state index in [9.17, 15) is 0 Å². The molecule has 20 heavy (non-hydrogen) atoms. The van der Waals surface area contributed by atoms with E-state index in [1.54, 1.807) is 13.3 Å². The summed E-state index contributed by atoms with van der Waals surface area (Å²) < 4.78 is 5.27. The van der Waals surface area contributed by atoms with Gasteiger partial charge in [0.1, 0.15) is 5.75 Å². The number of ether oxygens (including phenoxy) is 1. The first-order valence-electron chi connectivity index (χ1n) is 6.52. The van der Waals surface area contributed by atoms with E-state index in [4.69, 9.17) is 4.74 Å². The van der Waals surface area contributed by atoms with Crippen LogP contribution in [0.1, 0.15) is 13.8 Å². The molecule has 1 aromatic heterocycles. The van der Waals surface area contributed by atoms with Crippen LogP contribution in [0, 0.1) is 5.92 Å². The van der Waals surface area contributed by atoms with Crippen molar-refractivity contribution < 1.29 is 4.74 Å². The molecule has 6 nitrogen and oxygen atoms in total. The van der Waals surface area contributed by atoms with Crippen LogP contribution < -0.4 is 15.4 Å². The van der Waals surface area contributed by atoms with E-state index in [2.05, 4.69) is 39.7 Å². The Morgan fingerprint density at radius 2 is 2.05 bits per heavy atom. The summed E-state index contributed by atoms with van der Waals surface area (Å²) in [5.74, 6) is 2.40. The number of anilines is 3. The average Bonchev–Trinajstić information content (AvgIpc) is 2.46. The molecule has 0 aliphatic rings. The maximum Gasteiger partial charge on any atom is 0.249 e. The van der Waals surface area contributed by atoms with Gasteiger partial charge in [-0.15, -0.1) is 5.10 Å². The summed E-state index contributed by atoms with van der Waals surface area (Å²) in [6, 6.07) is 7.59. The molecule has 2 N–H and O–H groups in total. The first-order chi connectivity index (χ1) is 9.69. The lowest BCUT2D eigenvalue weighted by molar-refractivity contribution is 0.417. The number of hydrogen-bond acceptors (Lipinski definition) is 6. The fraction of sp³-hybridized carbons (Fsp3) is 0.357. The molecule has 0 aliphatic carbocycles. The molecule has 0 unspecified atom stereocenters. The molecular weight excluding hydrogens is 254 g/mol. The second-order valence-corrected chi connectivity index (χ2v) is 4.77. The van der Waals surface area contributed by atoms with Gasteiger partial charge in [-0.25, -0.2) is 0 Å².